The summed E-state index contributed by atoms with van der Waals surface area (Å²) in [5.41, 5.74) is 4.23. The van der Waals surface area contributed by atoms with Gasteiger partial charge >= 0.3 is 0 Å². The molecule has 0 aliphatic heterocycles. The van der Waals surface area contributed by atoms with E-state index in [2.05, 4.69) is 25.7 Å². The van der Waals surface area contributed by atoms with Crippen LogP contribution >= 0.6 is 0 Å². The van der Waals surface area contributed by atoms with Crippen LogP contribution in [0, 0.1) is 13.8 Å². The number of nitrogens with zero attached hydrogens (tertiary/aromatic N) is 5. The third kappa shape index (κ3) is 2.96. The molecule has 4 rings (SSSR count). The van der Waals surface area contributed by atoms with Crippen LogP contribution in [-0.4, -0.2) is 35.7 Å². The lowest BCUT2D eigenvalue weighted by Gasteiger charge is -2.12. The molecular weight excluding hydrogens is 358 g/mol. The zero-order chi connectivity index (χ0) is 19.8. The summed E-state index contributed by atoms with van der Waals surface area (Å²) in [6.07, 6.45) is 3.32. The smallest absolute Gasteiger partial charge is 0.273 e. The Morgan fingerprint density at radius 1 is 1.21 bits per heavy atom. The zero-order valence-electron chi connectivity index (χ0n) is 15.7. The van der Waals surface area contributed by atoms with Crippen LogP contribution in [0.4, 0.5) is 0 Å². The van der Waals surface area contributed by atoms with E-state index in [9.17, 15) is 9.59 Å². The highest BCUT2D eigenvalue weighted by atomic mass is 16.1. The number of nitrogens with one attached hydrogen (secondary N) is 2. The molecule has 1 aromatic carbocycles. The Balaban J connectivity index is 1.55. The first-order chi connectivity index (χ1) is 13.5. The largest absolute Gasteiger partial charge is 0.348 e. The Hall–Kier alpha value is -3.75. The van der Waals surface area contributed by atoms with Gasteiger partial charge in [-0.25, -0.2) is 9.67 Å². The molecule has 3 aromatic heterocycles. The summed E-state index contributed by atoms with van der Waals surface area (Å²) in [4.78, 5) is 29.2. The lowest BCUT2D eigenvalue weighted by Crippen LogP contribution is -2.24. The highest BCUT2D eigenvalue weighted by molar-refractivity contribution is 5.94. The van der Waals surface area contributed by atoms with Crippen LogP contribution in [0.25, 0.3) is 16.7 Å². The van der Waals surface area contributed by atoms with E-state index in [1.165, 1.54) is 0 Å². The maximum absolute atomic E-state index is 12.5. The van der Waals surface area contributed by atoms with Crippen LogP contribution < -0.4 is 10.9 Å². The highest BCUT2D eigenvalue weighted by Gasteiger charge is 2.16. The van der Waals surface area contributed by atoms with Crippen molar-refractivity contribution in [1.29, 1.82) is 0 Å². The van der Waals surface area contributed by atoms with E-state index >= 15 is 0 Å². The summed E-state index contributed by atoms with van der Waals surface area (Å²) in [6.45, 7) is 4.04. The Morgan fingerprint density at radius 2 is 1.96 bits per heavy atom. The van der Waals surface area contributed by atoms with Crippen molar-refractivity contribution < 1.29 is 4.79 Å². The fraction of sp³-hybridized carbons (Fsp3) is 0.211. The molecule has 0 saturated carbocycles. The second-order valence-corrected chi connectivity index (χ2v) is 6.58. The maximum Gasteiger partial charge on any atom is 0.273 e. The molecular formula is C19H19N7O2. The van der Waals surface area contributed by atoms with Crippen molar-refractivity contribution in [3.05, 3.63) is 69.4 Å². The minimum absolute atomic E-state index is 0.182. The molecule has 0 bridgehead atoms. The van der Waals surface area contributed by atoms with Gasteiger partial charge in [-0.2, -0.15) is 0 Å². The number of H-pyrrole nitrogens is 1. The first-order valence-electron chi connectivity index (χ1n) is 8.75. The van der Waals surface area contributed by atoms with Gasteiger partial charge in [-0.05, 0) is 49.2 Å². The molecule has 0 spiro atoms. The molecule has 0 fully saturated rings. The van der Waals surface area contributed by atoms with E-state index in [1.54, 1.807) is 53.1 Å². The van der Waals surface area contributed by atoms with Crippen LogP contribution in [0.5, 0.6) is 0 Å². The van der Waals surface area contributed by atoms with Gasteiger partial charge in [0.25, 0.3) is 11.5 Å². The van der Waals surface area contributed by atoms with Gasteiger partial charge in [-0.3, -0.25) is 19.4 Å². The molecule has 0 unspecified atom stereocenters. The molecule has 9 heteroatoms. The Morgan fingerprint density at radius 3 is 2.64 bits per heavy atom. The van der Waals surface area contributed by atoms with Gasteiger partial charge in [0.2, 0.25) is 0 Å². The lowest BCUT2D eigenvalue weighted by molar-refractivity contribution is 0.0951. The van der Waals surface area contributed by atoms with Crippen molar-refractivity contribution in [3.8, 4) is 5.69 Å². The number of aryl methyl sites for hydroxylation is 3. The molecule has 0 aliphatic carbocycles. The SMILES string of the molecule is Cc1nc2c(c(C)c1CNC(=O)c1ccc(-n3ccnn3)cc1)c(=O)[nH]n2C. The quantitative estimate of drug-likeness (QED) is 0.558. The summed E-state index contributed by atoms with van der Waals surface area (Å²) >= 11 is 0. The van der Waals surface area contributed by atoms with E-state index in [1.807, 2.05) is 13.8 Å². The van der Waals surface area contributed by atoms with Crippen molar-refractivity contribution in [2.75, 3.05) is 0 Å². The van der Waals surface area contributed by atoms with Gasteiger partial charge in [0.15, 0.2) is 5.65 Å². The first-order valence-corrected chi connectivity index (χ1v) is 8.75. The van der Waals surface area contributed by atoms with E-state index < -0.39 is 0 Å². The van der Waals surface area contributed by atoms with Crippen molar-refractivity contribution in [2.45, 2.75) is 20.4 Å². The first kappa shape index (κ1) is 17.7. The van der Waals surface area contributed by atoms with Crippen molar-refractivity contribution in [1.82, 2.24) is 35.1 Å². The fourth-order valence-corrected chi connectivity index (χ4v) is 3.29. The number of carbonyl (C=O) groups excluding carboxylic acids is 1. The number of aromatic nitrogens is 6. The van der Waals surface area contributed by atoms with Gasteiger partial charge in [0, 0.05) is 24.8 Å². The molecule has 0 atom stereocenters. The number of carbonyl (C=O) groups is 1. The average Bonchev–Trinajstić information content (AvgIpc) is 3.30. The number of aromatic amines is 1. The predicted octanol–water partition coefficient (Wildman–Crippen LogP) is 1.39. The monoisotopic (exact) mass is 377 g/mol. The molecule has 142 valence electrons. The maximum atomic E-state index is 12.5. The average molecular weight is 377 g/mol. The minimum atomic E-state index is -0.203. The number of rotatable bonds is 4. The normalized spacial score (nSPS) is 11.1. The minimum Gasteiger partial charge on any atom is -0.348 e. The topological polar surface area (TPSA) is 110 Å². The number of pyridine rings is 1. The third-order valence-electron chi connectivity index (χ3n) is 4.82. The summed E-state index contributed by atoms with van der Waals surface area (Å²) in [5.74, 6) is -0.203. The lowest BCUT2D eigenvalue weighted by atomic mass is 10.0. The number of hydrogen-bond donors (Lipinski definition) is 2. The van der Waals surface area contributed by atoms with Crippen LogP contribution in [-0.2, 0) is 13.6 Å². The van der Waals surface area contributed by atoms with Crippen molar-refractivity contribution in [2.24, 2.45) is 7.05 Å². The molecule has 3 heterocycles. The van der Waals surface area contributed by atoms with E-state index in [0.717, 1.165) is 22.5 Å². The van der Waals surface area contributed by atoms with E-state index in [4.69, 9.17) is 0 Å². The van der Waals surface area contributed by atoms with Crippen molar-refractivity contribution in [3.63, 3.8) is 0 Å². The van der Waals surface area contributed by atoms with Crippen LogP contribution in [0.1, 0.15) is 27.2 Å². The molecule has 4 aromatic rings. The van der Waals surface area contributed by atoms with Gasteiger partial charge in [0.1, 0.15) is 0 Å². The molecule has 0 radical (unpaired) electrons. The summed E-state index contributed by atoms with van der Waals surface area (Å²) < 4.78 is 3.23. The molecule has 9 nitrogen and oxygen atoms in total. The summed E-state index contributed by atoms with van der Waals surface area (Å²) in [5, 5.41) is 13.9. The second kappa shape index (κ2) is 6.76. The summed E-state index contributed by atoms with van der Waals surface area (Å²) in [6, 6.07) is 7.07. The number of amides is 1. The third-order valence-corrected chi connectivity index (χ3v) is 4.82. The van der Waals surface area contributed by atoms with Crippen LogP contribution in [0.15, 0.2) is 41.5 Å². The highest BCUT2D eigenvalue weighted by Crippen LogP contribution is 2.19. The summed E-state index contributed by atoms with van der Waals surface area (Å²) in [7, 11) is 1.75. The molecule has 1 amide bonds. The van der Waals surface area contributed by atoms with Gasteiger partial charge < -0.3 is 5.32 Å². The van der Waals surface area contributed by atoms with Gasteiger partial charge in [-0.15, -0.1) is 5.10 Å². The van der Waals surface area contributed by atoms with Crippen LogP contribution in [0.2, 0.25) is 0 Å². The molecule has 2 N–H and O–H groups in total. The predicted molar refractivity (Wildman–Crippen MR) is 103 cm³/mol. The van der Waals surface area contributed by atoms with E-state index in [0.29, 0.717) is 23.1 Å². The van der Waals surface area contributed by atoms with Crippen molar-refractivity contribution >= 4 is 16.9 Å². The standard InChI is InChI=1S/C19H19N7O2/c1-11-15(12(2)22-17-16(11)19(28)23-25(17)3)10-20-18(27)13-4-6-14(7-5-13)26-9-8-21-24-26/h4-9H,10H2,1-3H3,(H,20,27)(H,23,28). The Labute approximate surface area is 160 Å². The molecule has 0 saturated heterocycles. The van der Waals surface area contributed by atoms with Gasteiger partial charge in [-0.1, -0.05) is 5.21 Å². The zero-order valence-corrected chi connectivity index (χ0v) is 15.7. The van der Waals surface area contributed by atoms with E-state index in [-0.39, 0.29) is 11.5 Å². The number of benzene rings is 1. The van der Waals surface area contributed by atoms with Gasteiger partial charge in [0.05, 0.1) is 23.5 Å². The number of hydrogen-bond acceptors (Lipinski definition) is 5. The second-order valence-electron chi connectivity index (χ2n) is 6.58. The molecule has 0 aliphatic rings. The molecule has 28 heavy (non-hydrogen) atoms. The Bertz CT molecular complexity index is 1220. The van der Waals surface area contributed by atoms with Crippen LogP contribution in [0.3, 0.4) is 0 Å². The number of fused-ring (bicyclic) bond motifs is 1. The fourth-order valence-electron chi connectivity index (χ4n) is 3.29. The Kier molecular flexibility index (Phi) is 4.26.